The molecule has 0 radical (unpaired) electrons. The quantitative estimate of drug-likeness (QED) is 0.239. The van der Waals surface area contributed by atoms with Gasteiger partial charge in [0.25, 0.3) is 0 Å². The van der Waals surface area contributed by atoms with Crippen LogP contribution in [0.15, 0.2) is 72.5 Å². The zero-order valence-corrected chi connectivity index (χ0v) is 25.9. The first-order valence-corrected chi connectivity index (χ1v) is 16.9. The Balaban J connectivity index is 1.16. The van der Waals surface area contributed by atoms with Crippen LogP contribution in [0.2, 0.25) is 0 Å². The van der Waals surface area contributed by atoms with Gasteiger partial charge in [0.05, 0.1) is 18.8 Å². The lowest BCUT2D eigenvalue weighted by atomic mass is 9.85. The van der Waals surface area contributed by atoms with Gasteiger partial charge >= 0.3 is 5.97 Å². The number of hydrogen-bond acceptors (Lipinski definition) is 7. The zero-order valence-electron chi connectivity index (χ0n) is 25.1. The van der Waals surface area contributed by atoms with Gasteiger partial charge in [-0.05, 0) is 73.2 Å². The third kappa shape index (κ3) is 10.8. The van der Waals surface area contributed by atoms with Gasteiger partial charge < -0.3 is 19.5 Å². The van der Waals surface area contributed by atoms with Gasteiger partial charge in [0.15, 0.2) is 0 Å². The Hall–Kier alpha value is -3.74. The average molecular weight is 607 g/mol. The highest BCUT2D eigenvalue weighted by atomic mass is 32.2. The van der Waals surface area contributed by atoms with Gasteiger partial charge in [-0.1, -0.05) is 36.3 Å². The number of sulfone groups is 1. The smallest absolute Gasteiger partial charge is 0.304 e. The monoisotopic (exact) mass is 606 g/mol. The molecule has 9 heteroatoms. The summed E-state index contributed by atoms with van der Waals surface area (Å²) in [6, 6.07) is 16.6. The lowest BCUT2D eigenvalue weighted by Crippen LogP contribution is -2.45. The van der Waals surface area contributed by atoms with Crippen LogP contribution < -0.4 is 9.64 Å². The largest absolute Gasteiger partial charge is 0.494 e. The highest BCUT2D eigenvalue weighted by molar-refractivity contribution is 7.90. The molecule has 43 heavy (non-hydrogen) atoms. The van der Waals surface area contributed by atoms with E-state index in [1.165, 1.54) is 17.5 Å². The molecule has 2 aliphatic rings. The van der Waals surface area contributed by atoms with Crippen molar-refractivity contribution in [3.8, 4) is 17.6 Å². The number of rotatable bonds is 14. The second-order valence-corrected chi connectivity index (χ2v) is 13.4. The van der Waals surface area contributed by atoms with Crippen LogP contribution in [-0.2, 0) is 32.5 Å². The van der Waals surface area contributed by atoms with Crippen molar-refractivity contribution in [3.05, 3.63) is 83.6 Å². The summed E-state index contributed by atoms with van der Waals surface area (Å²) in [4.78, 5) is 16.0. The number of nitrogens with zero attached hydrogens (tertiary/aromatic N) is 2. The number of carboxylic acid groups (broad SMARTS) is 1. The summed E-state index contributed by atoms with van der Waals surface area (Å²) in [5, 5.41) is 9.17. The predicted molar refractivity (Wildman–Crippen MR) is 170 cm³/mol. The van der Waals surface area contributed by atoms with Crippen molar-refractivity contribution in [2.45, 2.75) is 39.3 Å². The summed E-state index contributed by atoms with van der Waals surface area (Å²) >= 11 is 0. The fourth-order valence-corrected chi connectivity index (χ4v) is 5.94. The number of aliphatic carboxylic acids is 1. The fraction of sp³-hybridized carbons (Fsp3) is 0.441. The summed E-state index contributed by atoms with van der Waals surface area (Å²) in [5.74, 6) is 6.68. The van der Waals surface area contributed by atoms with E-state index in [2.05, 4.69) is 58.0 Å². The maximum atomic E-state index is 11.2. The molecule has 1 saturated heterocycles. The van der Waals surface area contributed by atoms with Crippen molar-refractivity contribution < 1.29 is 27.8 Å². The number of carbonyl (C=O) groups is 1. The second kappa shape index (κ2) is 15.6. The molecule has 2 aromatic rings. The van der Waals surface area contributed by atoms with E-state index in [-0.39, 0.29) is 24.0 Å². The molecule has 1 heterocycles. The van der Waals surface area contributed by atoms with E-state index < -0.39 is 15.8 Å². The molecule has 0 amide bonds. The number of anilines is 1. The van der Waals surface area contributed by atoms with Crippen LogP contribution in [-0.4, -0.2) is 69.2 Å². The van der Waals surface area contributed by atoms with Crippen molar-refractivity contribution in [2.24, 2.45) is 11.8 Å². The number of allylic oxidation sites excluding steroid dienone is 3. The van der Waals surface area contributed by atoms with Crippen LogP contribution in [0.3, 0.4) is 0 Å². The Bertz CT molecular complexity index is 1430. The molecule has 2 unspecified atom stereocenters. The standard InChI is InChI=1S/C34H42N2O6S/c1-3-5-30(24-34(37)38)29-10-14-33(15-11-29)42-26-28-8-6-27(7-9-28)25-35-18-20-36(21-19-35)31-12-16-32(17-13-31)41-22-4-23-43(2,39)40/h6-10,12-17,29-30H,4,11,18-26H2,1-2H3,(H,37,38). The lowest BCUT2D eigenvalue weighted by molar-refractivity contribution is -0.137. The molecule has 0 saturated carbocycles. The maximum absolute atomic E-state index is 11.2. The van der Waals surface area contributed by atoms with Crippen LogP contribution >= 0.6 is 0 Å². The summed E-state index contributed by atoms with van der Waals surface area (Å²) < 4.78 is 34.2. The van der Waals surface area contributed by atoms with Crippen LogP contribution in [0.4, 0.5) is 5.69 Å². The molecule has 0 bridgehead atoms. The third-order valence-electron chi connectivity index (χ3n) is 7.68. The Morgan fingerprint density at radius 3 is 2.33 bits per heavy atom. The van der Waals surface area contributed by atoms with E-state index in [0.29, 0.717) is 19.6 Å². The Labute approximate surface area is 255 Å². The van der Waals surface area contributed by atoms with E-state index in [1.54, 1.807) is 6.92 Å². The van der Waals surface area contributed by atoms with Crippen molar-refractivity contribution in [2.75, 3.05) is 49.7 Å². The Morgan fingerprint density at radius 2 is 1.72 bits per heavy atom. The molecule has 0 spiro atoms. The van der Waals surface area contributed by atoms with Gasteiger partial charge in [-0.25, -0.2) is 8.42 Å². The Morgan fingerprint density at radius 1 is 1.02 bits per heavy atom. The van der Waals surface area contributed by atoms with Gasteiger partial charge in [0.2, 0.25) is 0 Å². The van der Waals surface area contributed by atoms with Gasteiger partial charge in [0.1, 0.15) is 28.0 Å². The van der Waals surface area contributed by atoms with E-state index in [4.69, 9.17) is 14.6 Å². The van der Waals surface area contributed by atoms with Gasteiger partial charge in [-0.2, -0.15) is 0 Å². The third-order valence-corrected chi connectivity index (χ3v) is 8.71. The molecule has 2 aromatic carbocycles. The number of ether oxygens (including phenoxy) is 2. The SMILES string of the molecule is CC#CC(CC(=O)O)C1C=CC(OCc2ccc(CN3CCN(c4ccc(OCCCS(C)(=O)=O)cc4)CC3)cc2)=CC1. The van der Waals surface area contributed by atoms with Crippen molar-refractivity contribution in [1.29, 1.82) is 0 Å². The van der Waals surface area contributed by atoms with Gasteiger partial charge in [-0.3, -0.25) is 9.69 Å². The maximum Gasteiger partial charge on any atom is 0.304 e. The topological polar surface area (TPSA) is 96.4 Å². The summed E-state index contributed by atoms with van der Waals surface area (Å²) in [6.45, 7) is 7.38. The minimum absolute atomic E-state index is 0.0461. The normalized spacial score (nSPS) is 17.9. The molecule has 2 atom stereocenters. The average Bonchev–Trinajstić information content (AvgIpc) is 2.99. The molecule has 1 aliphatic heterocycles. The second-order valence-electron chi connectivity index (χ2n) is 11.2. The number of piperazine rings is 1. The van der Waals surface area contributed by atoms with Crippen molar-refractivity contribution >= 4 is 21.5 Å². The predicted octanol–water partition coefficient (Wildman–Crippen LogP) is 4.91. The highest BCUT2D eigenvalue weighted by Crippen LogP contribution is 2.27. The number of carboxylic acids is 1. The molecule has 1 aliphatic carbocycles. The van der Waals surface area contributed by atoms with Crippen LogP contribution in [0, 0.1) is 23.7 Å². The minimum atomic E-state index is -2.95. The van der Waals surface area contributed by atoms with E-state index in [9.17, 15) is 13.2 Å². The first-order valence-electron chi connectivity index (χ1n) is 14.8. The molecular formula is C34H42N2O6S. The first-order chi connectivity index (χ1) is 20.7. The van der Waals surface area contributed by atoms with Crippen molar-refractivity contribution in [1.82, 2.24) is 4.90 Å². The van der Waals surface area contributed by atoms with Crippen LogP contribution in [0.25, 0.3) is 0 Å². The van der Waals surface area contributed by atoms with E-state index in [0.717, 1.165) is 56.2 Å². The molecule has 4 rings (SSSR count). The first kappa shape index (κ1) is 32.2. The summed E-state index contributed by atoms with van der Waals surface area (Å²) in [5.41, 5.74) is 3.55. The Kier molecular flexibility index (Phi) is 11.7. The van der Waals surface area contributed by atoms with E-state index >= 15 is 0 Å². The van der Waals surface area contributed by atoms with Gasteiger partial charge in [0, 0.05) is 50.6 Å². The van der Waals surface area contributed by atoms with Crippen LogP contribution in [0.1, 0.15) is 37.3 Å². The van der Waals surface area contributed by atoms with E-state index in [1.807, 2.05) is 30.4 Å². The summed E-state index contributed by atoms with van der Waals surface area (Å²) in [7, 11) is -2.95. The molecule has 230 valence electrons. The molecule has 0 aromatic heterocycles. The number of hydrogen-bond donors (Lipinski definition) is 1. The molecule has 1 N–H and O–H groups in total. The fourth-order valence-electron chi connectivity index (χ4n) is 5.30. The molecule has 1 fully saturated rings. The zero-order chi connectivity index (χ0) is 30.7. The molecular weight excluding hydrogens is 564 g/mol. The lowest BCUT2D eigenvalue weighted by Gasteiger charge is -2.36. The minimum Gasteiger partial charge on any atom is -0.494 e. The van der Waals surface area contributed by atoms with Gasteiger partial charge in [-0.15, -0.1) is 5.92 Å². The van der Waals surface area contributed by atoms with Crippen LogP contribution in [0.5, 0.6) is 5.75 Å². The van der Waals surface area contributed by atoms with Crippen molar-refractivity contribution in [3.63, 3.8) is 0 Å². The molecule has 8 nitrogen and oxygen atoms in total. The summed E-state index contributed by atoms with van der Waals surface area (Å²) in [6.07, 6.45) is 8.48. The number of benzene rings is 2. The highest BCUT2D eigenvalue weighted by Gasteiger charge is 2.22.